The average molecular weight is 290 g/mol. The van der Waals surface area contributed by atoms with E-state index in [1.54, 1.807) is 6.20 Å². The molecule has 0 aliphatic carbocycles. The highest BCUT2D eigenvalue weighted by molar-refractivity contribution is 5.94. The minimum absolute atomic E-state index is 0.0407. The molecule has 1 aromatic heterocycles. The molecular weight excluding hydrogens is 264 g/mol. The Morgan fingerprint density at radius 2 is 2.19 bits per heavy atom. The fraction of sp³-hybridized carbons (Fsp3) is 0.625. The lowest BCUT2D eigenvalue weighted by molar-refractivity contribution is -0.119. The lowest BCUT2D eigenvalue weighted by Crippen LogP contribution is -2.45. The Hall–Kier alpha value is -1.62. The van der Waals surface area contributed by atoms with E-state index in [0.29, 0.717) is 5.92 Å². The van der Waals surface area contributed by atoms with E-state index in [1.165, 1.54) is 0 Å². The molecule has 0 aromatic carbocycles. The average Bonchev–Trinajstić information content (AvgIpc) is 2.50. The van der Waals surface area contributed by atoms with Crippen molar-refractivity contribution in [2.75, 3.05) is 29.9 Å². The van der Waals surface area contributed by atoms with E-state index in [9.17, 15) is 4.79 Å². The van der Waals surface area contributed by atoms with Crippen LogP contribution in [-0.2, 0) is 4.79 Å². The molecule has 2 heterocycles. The van der Waals surface area contributed by atoms with Gasteiger partial charge in [-0.15, -0.1) is 0 Å². The van der Waals surface area contributed by atoms with Gasteiger partial charge in [-0.25, -0.2) is 4.98 Å². The number of pyridine rings is 1. The normalized spacial score (nSPS) is 21.9. The number of nitrogens with one attached hydrogen (secondary N) is 2. The number of carbonyl (C=O) groups excluding carboxylic acids is 1. The molecule has 1 aromatic rings. The van der Waals surface area contributed by atoms with Gasteiger partial charge in [-0.3, -0.25) is 4.79 Å². The summed E-state index contributed by atoms with van der Waals surface area (Å²) in [7, 11) is 0. The zero-order chi connectivity index (χ0) is 15.2. The van der Waals surface area contributed by atoms with Gasteiger partial charge >= 0.3 is 0 Å². The van der Waals surface area contributed by atoms with E-state index >= 15 is 0 Å². The predicted octanol–water partition coefficient (Wildman–Crippen LogP) is 2.25. The number of anilines is 2. The molecule has 1 aliphatic heterocycles. The molecule has 0 radical (unpaired) electrons. The van der Waals surface area contributed by atoms with E-state index < -0.39 is 0 Å². The summed E-state index contributed by atoms with van der Waals surface area (Å²) in [5.74, 6) is 1.59. The Bertz CT molecular complexity index is 456. The van der Waals surface area contributed by atoms with Crippen LogP contribution in [0, 0.1) is 5.92 Å². The summed E-state index contributed by atoms with van der Waals surface area (Å²) in [6.07, 6.45) is 3.78. The van der Waals surface area contributed by atoms with Crippen LogP contribution in [0.15, 0.2) is 18.3 Å². The summed E-state index contributed by atoms with van der Waals surface area (Å²) >= 11 is 0. The fourth-order valence-electron chi connectivity index (χ4n) is 2.73. The molecule has 5 nitrogen and oxygen atoms in total. The first-order chi connectivity index (χ1) is 10.1. The Balaban J connectivity index is 1.95. The number of aromatic nitrogens is 1. The van der Waals surface area contributed by atoms with Crippen molar-refractivity contribution in [2.24, 2.45) is 5.92 Å². The number of amides is 1. The first-order valence-corrected chi connectivity index (χ1v) is 7.89. The quantitative estimate of drug-likeness (QED) is 0.873. The van der Waals surface area contributed by atoms with Crippen molar-refractivity contribution in [3.63, 3.8) is 0 Å². The molecule has 1 amide bonds. The van der Waals surface area contributed by atoms with Gasteiger partial charge in [0.15, 0.2) is 0 Å². The molecule has 0 saturated carbocycles. The molecule has 2 atom stereocenters. The number of nitrogens with zero attached hydrogens (tertiary/aromatic N) is 2. The third-order valence-corrected chi connectivity index (χ3v) is 4.09. The lowest BCUT2D eigenvalue weighted by Gasteiger charge is -2.27. The second-order valence-electron chi connectivity index (χ2n) is 5.70. The SMILES string of the molecule is CCN(CC)c1ccc(NC(=O)C2CC(C)CCN2)cn1. The third kappa shape index (κ3) is 4.17. The molecule has 2 unspecified atom stereocenters. The number of piperidine rings is 1. The van der Waals surface area contributed by atoms with Gasteiger partial charge in [0.1, 0.15) is 5.82 Å². The monoisotopic (exact) mass is 290 g/mol. The van der Waals surface area contributed by atoms with Crippen molar-refractivity contribution < 1.29 is 4.79 Å². The minimum Gasteiger partial charge on any atom is -0.357 e. The molecule has 1 fully saturated rings. The van der Waals surface area contributed by atoms with Crippen LogP contribution in [-0.4, -0.2) is 36.6 Å². The Morgan fingerprint density at radius 3 is 2.76 bits per heavy atom. The van der Waals surface area contributed by atoms with E-state index in [4.69, 9.17) is 0 Å². The van der Waals surface area contributed by atoms with Crippen molar-refractivity contribution in [3.05, 3.63) is 18.3 Å². The maximum atomic E-state index is 12.2. The van der Waals surface area contributed by atoms with Crippen LogP contribution in [0.25, 0.3) is 0 Å². The molecule has 1 aliphatic rings. The van der Waals surface area contributed by atoms with Gasteiger partial charge in [-0.2, -0.15) is 0 Å². The largest absolute Gasteiger partial charge is 0.357 e. The van der Waals surface area contributed by atoms with Crippen molar-refractivity contribution in [2.45, 2.75) is 39.7 Å². The molecule has 5 heteroatoms. The molecule has 0 spiro atoms. The fourth-order valence-corrected chi connectivity index (χ4v) is 2.73. The topological polar surface area (TPSA) is 57.3 Å². The van der Waals surface area contributed by atoms with Crippen LogP contribution >= 0.6 is 0 Å². The highest BCUT2D eigenvalue weighted by atomic mass is 16.2. The second-order valence-corrected chi connectivity index (χ2v) is 5.70. The van der Waals surface area contributed by atoms with Crippen LogP contribution in [0.1, 0.15) is 33.6 Å². The Kier molecular flexibility index (Phi) is 5.56. The number of rotatable bonds is 5. The van der Waals surface area contributed by atoms with Gasteiger partial charge in [0.05, 0.1) is 17.9 Å². The van der Waals surface area contributed by atoms with Crippen LogP contribution < -0.4 is 15.5 Å². The van der Waals surface area contributed by atoms with Crippen LogP contribution in [0.5, 0.6) is 0 Å². The number of carbonyl (C=O) groups is 1. The highest BCUT2D eigenvalue weighted by Gasteiger charge is 2.24. The van der Waals surface area contributed by atoms with Crippen LogP contribution in [0.2, 0.25) is 0 Å². The van der Waals surface area contributed by atoms with Gasteiger partial charge in [-0.05, 0) is 51.3 Å². The summed E-state index contributed by atoms with van der Waals surface area (Å²) in [6.45, 7) is 9.19. The van der Waals surface area contributed by atoms with Crippen LogP contribution in [0.3, 0.4) is 0 Å². The minimum atomic E-state index is -0.0868. The maximum Gasteiger partial charge on any atom is 0.241 e. The Labute approximate surface area is 127 Å². The molecule has 116 valence electrons. The lowest BCUT2D eigenvalue weighted by atomic mass is 9.94. The predicted molar refractivity (Wildman–Crippen MR) is 86.6 cm³/mol. The molecule has 0 bridgehead atoms. The first kappa shape index (κ1) is 15.8. The van der Waals surface area contributed by atoms with Crippen molar-refractivity contribution in [3.8, 4) is 0 Å². The molecule has 2 rings (SSSR count). The maximum absolute atomic E-state index is 12.2. The number of hydrogen-bond acceptors (Lipinski definition) is 4. The van der Waals surface area contributed by atoms with Crippen molar-refractivity contribution >= 4 is 17.4 Å². The second kappa shape index (κ2) is 7.41. The molecular formula is C16H26N4O. The zero-order valence-corrected chi connectivity index (χ0v) is 13.2. The van der Waals surface area contributed by atoms with Gasteiger partial charge in [-0.1, -0.05) is 6.92 Å². The van der Waals surface area contributed by atoms with E-state index in [0.717, 1.165) is 44.0 Å². The van der Waals surface area contributed by atoms with Gasteiger partial charge in [0.25, 0.3) is 0 Å². The van der Waals surface area contributed by atoms with Gasteiger partial charge in [0.2, 0.25) is 5.91 Å². The standard InChI is InChI=1S/C16H26N4O/c1-4-20(5-2)15-7-6-13(11-18-15)19-16(21)14-10-12(3)8-9-17-14/h6-7,11-12,14,17H,4-5,8-10H2,1-3H3,(H,19,21). The zero-order valence-electron chi connectivity index (χ0n) is 13.2. The van der Waals surface area contributed by atoms with Crippen molar-refractivity contribution in [1.82, 2.24) is 10.3 Å². The third-order valence-electron chi connectivity index (χ3n) is 4.09. The highest BCUT2D eigenvalue weighted by Crippen LogP contribution is 2.18. The smallest absolute Gasteiger partial charge is 0.241 e. The summed E-state index contributed by atoms with van der Waals surface area (Å²) in [6, 6.07) is 3.79. The number of hydrogen-bond donors (Lipinski definition) is 2. The summed E-state index contributed by atoms with van der Waals surface area (Å²) in [5, 5.41) is 6.23. The van der Waals surface area contributed by atoms with E-state index in [1.807, 2.05) is 12.1 Å². The van der Waals surface area contributed by atoms with E-state index in [2.05, 4.69) is 41.3 Å². The summed E-state index contributed by atoms with van der Waals surface area (Å²) < 4.78 is 0. The molecule has 1 saturated heterocycles. The van der Waals surface area contributed by atoms with Crippen LogP contribution in [0.4, 0.5) is 11.5 Å². The van der Waals surface area contributed by atoms with Crippen molar-refractivity contribution in [1.29, 1.82) is 0 Å². The first-order valence-electron chi connectivity index (χ1n) is 7.89. The molecule has 21 heavy (non-hydrogen) atoms. The molecule has 2 N–H and O–H groups in total. The van der Waals surface area contributed by atoms with E-state index in [-0.39, 0.29) is 11.9 Å². The summed E-state index contributed by atoms with van der Waals surface area (Å²) in [5.41, 5.74) is 0.760. The Morgan fingerprint density at radius 1 is 1.43 bits per heavy atom. The van der Waals surface area contributed by atoms with Gasteiger partial charge < -0.3 is 15.5 Å². The van der Waals surface area contributed by atoms with Gasteiger partial charge in [0, 0.05) is 13.1 Å². The summed E-state index contributed by atoms with van der Waals surface area (Å²) in [4.78, 5) is 18.8.